The maximum Gasteiger partial charge on any atom is 0.511 e. The van der Waals surface area contributed by atoms with E-state index in [2.05, 4.69) is 0 Å². The van der Waals surface area contributed by atoms with Crippen LogP contribution >= 0.6 is 24.8 Å². The minimum atomic E-state index is -5.20. The van der Waals surface area contributed by atoms with Crippen molar-refractivity contribution in [1.82, 2.24) is 4.31 Å². The Balaban J connectivity index is 0. The van der Waals surface area contributed by atoms with E-state index in [0.29, 0.717) is 4.31 Å². The Labute approximate surface area is 104 Å². The number of nitrogens with two attached hydrogens (primary N) is 1. The first-order valence-electron chi connectivity index (χ1n) is 4.07. The van der Waals surface area contributed by atoms with E-state index >= 15 is 0 Å². The predicted octanol–water partition coefficient (Wildman–Crippen LogP) is 1.10. The summed E-state index contributed by atoms with van der Waals surface area (Å²) in [6.45, 7) is -0.300. The van der Waals surface area contributed by atoms with Gasteiger partial charge in [0.1, 0.15) is 0 Å². The van der Waals surface area contributed by atoms with Crippen molar-refractivity contribution in [1.29, 1.82) is 0 Å². The van der Waals surface area contributed by atoms with E-state index < -0.39 is 15.5 Å². The monoisotopic (exact) mass is 304 g/mol. The summed E-state index contributed by atoms with van der Waals surface area (Å²) in [4.78, 5) is 0. The van der Waals surface area contributed by atoms with Gasteiger partial charge >= 0.3 is 15.5 Å². The van der Waals surface area contributed by atoms with Crippen molar-refractivity contribution in [3.05, 3.63) is 0 Å². The molecule has 0 bridgehead atoms. The van der Waals surface area contributed by atoms with Crippen LogP contribution in [0.5, 0.6) is 0 Å². The molecule has 0 aromatic heterocycles. The Hall–Kier alpha value is 0.240. The molecule has 0 aromatic carbocycles. The topological polar surface area (TPSA) is 63.4 Å². The quantitative estimate of drug-likeness (QED) is 0.789. The van der Waals surface area contributed by atoms with Gasteiger partial charge in [-0.25, -0.2) is 8.42 Å². The van der Waals surface area contributed by atoms with Gasteiger partial charge in [0.25, 0.3) is 0 Å². The number of piperidine rings is 1. The van der Waals surface area contributed by atoms with Gasteiger partial charge in [0.2, 0.25) is 0 Å². The molecule has 100 valence electrons. The molecule has 0 aliphatic carbocycles. The molecule has 0 atom stereocenters. The van der Waals surface area contributed by atoms with E-state index in [-0.39, 0.29) is 56.8 Å². The molecule has 1 fully saturated rings. The zero-order chi connectivity index (χ0) is 11.0. The van der Waals surface area contributed by atoms with Crippen LogP contribution in [0.15, 0.2) is 0 Å². The van der Waals surface area contributed by atoms with E-state index in [4.69, 9.17) is 5.73 Å². The highest BCUT2D eigenvalue weighted by atomic mass is 35.5. The lowest BCUT2D eigenvalue weighted by molar-refractivity contribution is -0.0494. The Bertz CT molecular complexity index is 301. The summed E-state index contributed by atoms with van der Waals surface area (Å²) in [5.41, 5.74) is 0.247. The largest absolute Gasteiger partial charge is 0.511 e. The molecule has 0 amide bonds. The van der Waals surface area contributed by atoms with Crippen LogP contribution < -0.4 is 5.73 Å². The van der Waals surface area contributed by atoms with Crippen LogP contribution in [0.25, 0.3) is 0 Å². The molecule has 0 spiro atoms. The molecular formula is C6H13Cl2F3N2O2S. The highest BCUT2D eigenvalue weighted by Crippen LogP contribution is 2.28. The number of hydrogen-bond acceptors (Lipinski definition) is 3. The standard InChI is InChI=1S/C6H11F3N2O2S.2ClH/c7-6(8,9)14(12,13)11-3-1-5(10)2-4-11;;/h5H,1-4,10H2;2*1H. The smallest absolute Gasteiger partial charge is 0.328 e. The van der Waals surface area contributed by atoms with E-state index in [9.17, 15) is 21.6 Å². The summed E-state index contributed by atoms with van der Waals surface area (Å²) in [7, 11) is -5.15. The third-order valence-corrected chi connectivity index (χ3v) is 3.76. The highest BCUT2D eigenvalue weighted by Gasteiger charge is 2.50. The number of nitrogens with zero attached hydrogens (tertiary/aromatic N) is 1. The lowest BCUT2D eigenvalue weighted by Gasteiger charge is -2.29. The number of alkyl halides is 3. The van der Waals surface area contributed by atoms with Gasteiger partial charge < -0.3 is 5.73 Å². The Morgan fingerprint density at radius 2 is 1.50 bits per heavy atom. The van der Waals surface area contributed by atoms with Crippen LogP contribution in [-0.4, -0.2) is 37.4 Å². The molecule has 1 aliphatic rings. The van der Waals surface area contributed by atoms with Gasteiger partial charge in [-0.2, -0.15) is 17.5 Å². The maximum absolute atomic E-state index is 12.1. The van der Waals surface area contributed by atoms with Crippen LogP contribution in [0.4, 0.5) is 13.2 Å². The normalized spacial score (nSPS) is 19.8. The first kappa shape index (κ1) is 18.6. The SMILES string of the molecule is Cl.Cl.NC1CCN(S(=O)(=O)C(F)(F)F)CC1. The lowest BCUT2D eigenvalue weighted by Crippen LogP contribution is -2.47. The minimum absolute atomic E-state index is 0. The van der Waals surface area contributed by atoms with Gasteiger partial charge in [0.15, 0.2) is 0 Å². The summed E-state index contributed by atoms with van der Waals surface area (Å²) in [6, 6.07) is -0.199. The molecule has 1 saturated heterocycles. The van der Waals surface area contributed by atoms with Crippen molar-refractivity contribution >= 4 is 34.8 Å². The van der Waals surface area contributed by atoms with Crippen molar-refractivity contribution in [3.8, 4) is 0 Å². The minimum Gasteiger partial charge on any atom is -0.328 e. The predicted molar refractivity (Wildman–Crippen MR) is 58.3 cm³/mol. The molecule has 0 radical (unpaired) electrons. The van der Waals surface area contributed by atoms with Crippen molar-refractivity contribution in [2.75, 3.05) is 13.1 Å². The Kier molecular flexibility index (Phi) is 7.26. The summed E-state index contributed by atoms with van der Waals surface area (Å²) in [6.07, 6.45) is 0.546. The summed E-state index contributed by atoms with van der Waals surface area (Å²) >= 11 is 0. The van der Waals surface area contributed by atoms with Crippen LogP contribution in [-0.2, 0) is 10.0 Å². The molecule has 4 nitrogen and oxygen atoms in total. The van der Waals surface area contributed by atoms with Crippen molar-refractivity contribution < 1.29 is 21.6 Å². The fourth-order valence-electron chi connectivity index (χ4n) is 1.26. The average Bonchev–Trinajstić information content (AvgIpc) is 2.03. The lowest BCUT2D eigenvalue weighted by atomic mass is 10.1. The summed E-state index contributed by atoms with van der Waals surface area (Å²) in [5, 5.41) is 0. The molecular weight excluding hydrogens is 292 g/mol. The molecule has 1 heterocycles. The fraction of sp³-hybridized carbons (Fsp3) is 1.00. The molecule has 10 heteroatoms. The number of sulfonamides is 1. The molecule has 0 aromatic rings. The van der Waals surface area contributed by atoms with E-state index in [1.54, 1.807) is 0 Å². The van der Waals surface area contributed by atoms with Gasteiger partial charge in [-0.15, -0.1) is 24.8 Å². The van der Waals surface area contributed by atoms with Crippen molar-refractivity contribution in [2.45, 2.75) is 24.4 Å². The maximum atomic E-state index is 12.1. The summed E-state index contributed by atoms with van der Waals surface area (Å²) in [5.74, 6) is 0. The molecule has 1 rings (SSSR count). The second kappa shape index (κ2) is 6.25. The van der Waals surface area contributed by atoms with Crippen LogP contribution in [0.3, 0.4) is 0 Å². The first-order valence-corrected chi connectivity index (χ1v) is 5.51. The van der Waals surface area contributed by atoms with Crippen LogP contribution in [0.1, 0.15) is 12.8 Å². The number of hydrogen-bond donors (Lipinski definition) is 1. The van der Waals surface area contributed by atoms with Crippen LogP contribution in [0, 0.1) is 0 Å². The number of rotatable bonds is 1. The van der Waals surface area contributed by atoms with Gasteiger partial charge in [0.05, 0.1) is 0 Å². The van der Waals surface area contributed by atoms with Crippen molar-refractivity contribution in [2.24, 2.45) is 5.73 Å². The van der Waals surface area contributed by atoms with E-state index in [1.807, 2.05) is 0 Å². The Morgan fingerprint density at radius 1 is 1.12 bits per heavy atom. The van der Waals surface area contributed by atoms with E-state index in [1.165, 1.54) is 0 Å². The molecule has 0 unspecified atom stereocenters. The first-order chi connectivity index (χ1) is 6.25. The second-order valence-corrected chi connectivity index (χ2v) is 5.12. The highest BCUT2D eigenvalue weighted by molar-refractivity contribution is 7.90. The van der Waals surface area contributed by atoms with E-state index in [0.717, 1.165) is 0 Å². The van der Waals surface area contributed by atoms with Crippen molar-refractivity contribution in [3.63, 3.8) is 0 Å². The zero-order valence-corrected chi connectivity index (χ0v) is 10.6. The fourth-order valence-corrected chi connectivity index (χ4v) is 2.25. The van der Waals surface area contributed by atoms with Crippen LogP contribution in [0.2, 0.25) is 0 Å². The third kappa shape index (κ3) is 3.92. The summed E-state index contributed by atoms with van der Waals surface area (Å²) < 4.78 is 58.4. The van der Waals surface area contributed by atoms with Gasteiger partial charge in [-0.1, -0.05) is 0 Å². The molecule has 1 aliphatic heterocycles. The van der Waals surface area contributed by atoms with Gasteiger partial charge in [-0.05, 0) is 12.8 Å². The van der Waals surface area contributed by atoms with Gasteiger partial charge in [0, 0.05) is 19.1 Å². The second-order valence-electron chi connectivity index (χ2n) is 3.19. The Morgan fingerprint density at radius 3 is 1.81 bits per heavy atom. The number of halogens is 5. The molecule has 0 saturated carbocycles. The average molecular weight is 305 g/mol. The molecule has 2 N–H and O–H groups in total. The van der Waals surface area contributed by atoms with Gasteiger partial charge in [-0.3, -0.25) is 0 Å². The third-order valence-electron chi connectivity index (χ3n) is 2.13. The molecule has 16 heavy (non-hydrogen) atoms. The zero-order valence-electron chi connectivity index (χ0n) is 8.11.